The lowest BCUT2D eigenvalue weighted by molar-refractivity contribution is 0.0596. The first-order chi connectivity index (χ1) is 10.8. The Labute approximate surface area is 136 Å². The molecule has 1 fully saturated rings. The van der Waals surface area contributed by atoms with Crippen molar-refractivity contribution in [3.05, 3.63) is 23.8 Å². The first-order valence-corrected chi connectivity index (χ1v) is 8.68. The van der Waals surface area contributed by atoms with Gasteiger partial charge in [-0.2, -0.15) is 4.31 Å². The number of ether oxygens (including phenoxy) is 2. The molecule has 128 valence electrons. The van der Waals surface area contributed by atoms with E-state index in [4.69, 9.17) is 10.5 Å². The average molecular weight is 342 g/mol. The van der Waals surface area contributed by atoms with Crippen molar-refractivity contribution in [1.29, 1.82) is 0 Å². The summed E-state index contributed by atoms with van der Waals surface area (Å²) in [6.07, 6.45) is 0.711. The summed E-state index contributed by atoms with van der Waals surface area (Å²) in [6.45, 7) is 3.17. The second kappa shape index (κ2) is 6.46. The van der Waals surface area contributed by atoms with Crippen molar-refractivity contribution in [3.63, 3.8) is 0 Å². The highest BCUT2D eigenvalue weighted by atomic mass is 32.2. The van der Waals surface area contributed by atoms with Crippen molar-refractivity contribution in [2.24, 2.45) is 11.1 Å². The van der Waals surface area contributed by atoms with E-state index in [2.05, 4.69) is 4.74 Å². The largest absolute Gasteiger partial charge is 0.496 e. The summed E-state index contributed by atoms with van der Waals surface area (Å²) in [5.41, 5.74) is 5.60. The Morgan fingerprint density at radius 1 is 1.39 bits per heavy atom. The molecule has 0 bridgehead atoms. The van der Waals surface area contributed by atoms with Gasteiger partial charge in [0, 0.05) is 13.1 Å². The van der Waals surface area contributed by atoms with E-state index in [1.807, 2.05) is 6.92 Å². The van der Waals surface area contributed by atoms with Gasteiger partial charge in [-0.3, -0.25) is 0 Å². The molecule has 1 unspecified atom stereocenters. The van der Waals surface area contributed by atoms with Gasteiger partial charge in [0.25, 0.3) is 0 Å². The van der Waals surface area contributed by atoms with Crippen LogP contribution in [0.5, 0.6) is 5.75 Å². The molecule has 0 saturated carbocycles. The van der Waals surface area contributed by atoms with Crippen molar-refractivity contribution < 1.29 is 22.7 Å². The Kier molecular flexibility index (Phi) is 4.98. The summed E-state index contributed by atoms with van der Waals surface area (Å²) < 4.78 is 36.8. The summed E-state index contributed by atoms with van der Waals surface area (Å²) in [5.74, 6) is -0.379. The molecule has 8 heteroatoms. The summed E-state index contributed by atoms with van der Waals surface area (Å²) in [4.78, 5) is 11.9. The summed E-state index contributed by atoms with van der Waals surface area (Å²) >= 11 is 0. The van der Waals surface area contributed by atoms with E-state index in [-0.39, 0.29) is 21.6 Å². The third kappa shape index (κ3) is 3.34. The molecule has 2 N–H and O–H groups in total. The molecule has 0 amide bonds. The lowest BCUT2D eigenvalue weighted by Crippen LogP contribution is -2.34. The van der Waals surface area contributed by atoms with Crippen LogP contribution < -0.4 is 10.5 Å². The van der Waals surface area contributed by atoms with Crippen LogP contribution in [0.4, 0.5) is 0 Å². The van der Waals surface area contributed by atoms with Crippen LogP contribution in [-0.4, -0.2) is 52.5 Å². The fraction of sp³-hybridized carbons (Fsp3) is 0.533. The number of methoxy groups -OCH3 is 2. The van der Waals surface area contributed by atoms with Crippen LogP contribution in [-0.2, 0) is 14.8 Å². The van der Waals surface area contributed by atoms with Crippen molar-refractivity contribution in [2.45, 2.75) is 18.2 Å². The van der Waals surface area contributed by atoms with Crippen LogP contribution >= 0.6 is 0 Å². The van der Waals surface area contributed by atoms with Crippen molar-refractivity contribution in [1.82, 2.24) is 4.31 Å². The van der Waals surface area contributed by atoms with Crippen LogP contribution in [0.2, 0.25) is 0 Å². The van der Waals surface area contributed by atoms with Gasteiger partial charge in [-0.15, -0.1) is 0 Å². The number of benzene rings is 1. The van der Waals surface area contributed by atoms with Gasteiger partial charge in [0.2, 0.25) is 10.0 Å². The van der Waals surface area contributed by atoms with E-state index in [0.29, 0.717) is 26.1 Å². The third-order valence-electron chi connectivity index (χ3n) is 4.23. The lowest BCUT2D eigenvalue weighted by Gasteiger charge is -2.22. The quantitative estimate of drug-likeness (QED) is 0.796. The Balaban J connectivity index is 2.39. The van der Waals surface area contributed by atoms with Gasteiger partial charge in [-0.1, -0.05) is 6.92 Å². The van der Waals surface area contributed by atoms with E-state index in [9.17, 15) is 13.2 Å². The topological polar surface area (TPSA) is 98.9 Å². The number of rotatable bonds is 5. The monoisotopic (exact) mass is 342 g/mol. The van der Waals surface area contributed by atoms with Crippen molar-refractivity contribution >= 4 is 16.0 Å². The molecule has 1 aromatic carbocycles. The molecule has 0 spiro atoms. The SMILES string of the molecule is COC(=O)c1cc(S(=O)(=O)N2CCC(C)(CN)C2)ccc1OC. The fourth-order valence-corrected chi connectivity index (χ4v) is 4.23. The molecule has 1 heterocycles. The molecular weight excluding hydrogens is 320 g/mol. The number of carbonyl (C=O) groups is 1. The molecule has 23 heavy (non-hydrogen) atoms. The molecule has 1 saturated heterocycles. The number of hydrogen-bond acceptors (Lipinski definition) is 6. The minimum absolute atomic E-state index is 0.0416. The maximum atomic E-state index is 12.8. The number of nitrogens with two attached hydrogens (primary N) is 1. The highest BCUT2D eigenvalue weighted by Crippen LogP contribution is 2.33. The minimum atomic E-state index is -3.69. The Morgan fingerprint density at radius 3 is 2.61 bits per heavy atom. The lowest BCUT2D eigenvalue weighted by atomic mass is 9.90. The molecule has 1 aliphatic heterocycles. The summed E-state index contributed by atoms with van der Waals surface area (Å²) in [5, 5.41) is 0. The van der Waals surface area contributed by atoms with Crippen LogP contribution in [0.1, 0.15) is 23.7 Å². The first kappa shape index (κ1) is 17.7. The van der Waals surface area contributed by atoms with Crippen LogP contribution in [0.15, 0.2) is 23.1 Å². The second-order valence-electron chi connectivity index (χ2n) is 5.96. The van der Waals surface area contributed by atoms with Gasteiger partial charge in [-0.05, 0) is 36.6 Å². The van der Waals surface area contributed by atoms with Crippen LogP contribution in [0, 0.1) is 5.41 Å². The van der Waals surface area contributed by atoms with Crippen LogP contribution in [0.3, 0.4) is 0 Å². The van der Waals surface area contributed by atoms with E-state index < -0.39 is 16.0 Å². The highest BCUT2D eigenvalue weighted by Gasteiger charge is 2.39. The predicted octanol–water partition coefficient (Wildman–Crippen LogP) is 0.841. The van der Waals surface area contributed by atoms with E-state index >= 15 is 0 Å². The molecule has 2 rings (SSSR count). The average Bonchev–Trinajstić information content (AvgIpc) is 2.97. The van der Waals surface area contributed by atoms with E-state index in [1.165, 1.54) is 36.7 Å². The molecule has 0 aromatic heterocycles. The Morgan fingerprint density at radius 2 is 2.09 bits per heavy atom. The molecule has 0 radical (unpaired) electrons. The van der Waals surface area contributed by atoms with Gasteiger partial charge in [-0.25, -0.2) is 13.2 Å². The smallest absolute Gasteiger partial charge is 0.341 e. The number of carbonyl (C=O) groups excluding carboxylic acids is 1. The number of sulfonamides is 1. The Hall–Kier alpha value is -1.64. The zero-order valence-electron chi connectivity index (χ0n) is 13.5. The predicted molar refractivity (Wildman–Crippen MR) is 84.9 cm³/mol. The molecule has 1 aromatic rings. The van der Waals surface area contributed by atoms with E-state index in [0.717, 1.165) is 0 Å². The maximum Gasteiger partial charge on any atom is 0.341 e. The standard InChI is InChI=1S/C15H22N2O5S/c1-15(9-16)6-7-17(10-15)23(19,20)11-4-5-13(21-2)12(8-11)14(18)22-3/h4-5,8H,6-7,9-10,16H2,1-3H3. The number of nitrogens with zero attached hydrogens (tertiary/aromatic N) is 1. The normalized spacial score (nSPS) is 22.1. The number of esters is 1. The molecular formula is C15H22N2O5S. The second-order valence-corrected chi connectivity index (χ2v) is 7.89. The zero-order chi connectivity index (χ0) is 17.3. The van der Waals surface area contributed by atoms with Gasteiger partial charge >= 0.3 is 5.97 Å². The molecule has 1 atom stereocenters. The molecule has 1 aliphatic rings. The van der Waals surface area contributed by atoms with Crippen molar-refractivity contribution in [2.75, 3.05) is 33.9 Å². The van der Waals surface area contributed by atoms with E-state index in [1.54, 1.807) is 0 Å². The summed E-state index contributed by atoms with van der Waals surface area (Å²) in [6, 6.07) is 4.17. The first-order valence-electron chi connectivity index (χ1n) is 7.24. The molecule has 0 aliphatic carbocycles. The zero-order valence-corrected chi connectivity index (χ0v) is 14.4. The number of hydrogen-bond donors (Lipinski definition) is 1. The minimum Gasteiger partial charge on any atom is -0.496 e. The Bertz CT molecular complexity index is 704. The fourth-order valence-electron chi connectivity index (χ4n) is 2.62. The summed E-state index contributed by atoms with van der Waals surface area (Å²) in [7, 11) is -1.06. The highest BCUT2D eigenvalue weighted by molar-refractivity contribution is 7.89. The van der Waals surface area contributed by atoms with Gasteiger partial charge in [0.1, 0.15) is 11.3 Å². The van der Waals surface area contributed by atoms with Crippen LogP contribution in [0.25, 0.3) is 0 Å². The van der Waals surface area contributed by atoms with Gasteiger partial charge in [0.05, 0.1) is 19.1 Å². The molecule has 7 nitrogen and oxygen atoms in total. The maximum absolute atomic E-state index is 12.8. The van der Waals surface area contributed by atoms with Gasteiger partial charge < -0.3 is 15.2 Å². The van der Waals surface area contributed by atoms with Gasteiger partial charge in [0.15, 0.2) is 0 Å². The van der Waals surface area contributed by atoms with Crippen molar-refractivity contribution in [3.8, 4) is 5.75 Å². The third-order valence-corrected chi connectivity index (χ3v) is 6.07.